The first-order chi connectivity index (χ1) is 15.9. The van der Waals surface area contributed by atoms with Gasteiger partial charge in [0.15, 0.2) is 0 Å². The molecule has 1 aliphatic heterocycles. The Kier molecular flexibility index (Phi) is 7.98. The number of rotatable bonds is 9. The Morgan fingerprint density at radius 2 is 2.00 bits per heavy atom. The highest BCUT2D eigenvalue weighted by molar-refractivity contribution is 6.08. The first kappa shape index (κ1) is 23.7. The van der Waals surface area contributed by atoms with E-state index in [2.05, 4.69) is 10.3 Å². The molecule has 0 bridgehead atoms. The third-order valence-electron chi connectivity index (χ3n) is 4.75. The fourth-order valence-corrected chi connectivity index (χ4v) is 3.06. The van der Waals surface area contributed by atoms with Gasteiger partial charge in [-0.1, -0.05) is 0 Å². The number of ether oxygens (including phenoxy) is 3. The molecule has 0 spiro atoms. The zero-order valence-electron chi connectivity index (χ0n) is 18.6. The summed E-state index contributed by atoms with van der Waals surface area (Å²) in [6.07, 6.45) is 4.80. The Balaban J connectivity index is 1.80. The minimum absolute atomic E-state index is 0.0932. The van der Waals surface area contributed by atoms with E-state index in [1.807, 2.05) is 6.92 Å². The highest BCUT2D eigenvalue weighted by Gasteiger charge is 2.22. The van der Waals surface area contributed by atoms with E-state index in [-0.39, 0.29) is 23.4 Å². The molecule has 2 amide bonds. The average molecular weight is 455 g/mol. The van der Waals surface area contributed by atoms with Gasteiger partial charge in [0.1, 0.15) is 29.0 Å². The molecule has 10 heteroatoms. The number of methoxy groups -OCH3 is 1. The molecule has 1 aliphatic rings. The van der Waals surface area contributed by atoms with Crippen LogP contribution in [-0.4, -0.2) is 60.4 Å². The molecular formula is C23H28N5O5+. The molecule has 0 aliphatic carbocycles. The highest BCUT2D eigenvalue weighted by atomic mass is 16.5. The zero-order chi connectivity index (χ0) is 23.8. The third-order valence-corrected chi connectivity index (χ3v) is 4.75. The lowest BCUT2D eigenvalue weighted by Crippen LogP contribution is -2.49. The van der Waals surface area contributed by atoms with Gasteiger partial charge in [0.2, 0.25) is 0 Å². The number of benzene rings is 1. The van der Waals surface area contributed by atoms with Gasteiger partial charge in [0.05, 0.1) is 18.4 Å². The molecule has 33 heavy (non-hydrogen) atoms. The standard InChI is InChI=1S/C23H27N5O5/c1-15(14-31-2)32-18-10-16(22(29)27-21(25)6-7-24)11-19(12-18)33-17-4-5-20(26-13-17)23(30)28-8-3-9-28/h4-7,10-13,15H,3,8-9,14,24H2,1-2H3,(H2,25,27,29)/p+1/b7-6-/t15-/m0/s1. The van der Waals surface area contributed by atoms with Crippen LogP contribution in [0.4, 0.5) is 0 Å². The summed E-state index contributed by atoms with van der Waals surface area (Å²) in [7, 11) is 1.57. The third kappa shape index (κ3) is 6.53. The van der Waals surface area contributed by atoms with Crippen LogP contribution in [0.3, 0.4) is 0 Å². The van der Waals surface area contributed by atoms with Crippen molar-refractivity contribution in [1.29, 1.82) is 0 Å². The maximum Gasteiger partial charge on any atom is 0.339 e. The summed E-state index contributed by atoms with van der Waals surface area (Å²) in [6, 6.07) is 8.02. The van der Waals surface area contributed by atoms with E-state index in [9.17, 15) is 9.59 Å². The number of likely N-dealkylation sites (tertiary alicyclic amines) is 1. The maximum atomic E-state index is 12.6. The number of amidine groups is 1. The van der Waals surface area contributed by atoms with Crippen LogP contribution in [0, 0.1) is 0 Å². The predicted molar refractivity (Wildman–Crippen MR) is 121 cm³/mol. The second-order valence-corrected chi connectivity index (χ2v) is 7.47. The van der Waals surface area contributed by atoms with E-state index in [0.717, 1.165) is 19.5 Å². The second kappa shape index (κ2) is 11.1. The molecule has 1 aromatic carbocycles. The molecule has 0 unspecified atom stereocenters. The van der Waals surface area contributed by atoms with Gasteiger partial charge in [-0.05, 0) is 37.6 Å². The number of carbonyl (C=O) groups excluding carboxylic acids is 2. The number of hydrogen-bond acceptors (Lipinski definition) is 7. The molecule has 2 heterocycles. The molecule has 1 atom stereocenters. The summed E-state index contributed by atoms with van der Waals surface area (Å²) in [5, 5.41) is 8.25. The van der Waals surface area contributed by atoms with E-state index in [1.165, 1.54) is 18.5 Å². The molecule has 0 saturated carbocycles. The van der Waals surface area contributed by atoms with Crippen molar-refractivity contribution < 1.29 is 29.2 Å². The number of carbonyl (C=O) groups is 2. The highest BCUT2D eigenvalue weighted by Crippen LogP contribution is 2.28. The molecule has 10 nitrogen and oxygen atoms in total. The second-order valence-electron chi connectivity index (χ2n) is 7.47. The summed E-state index contributed by atoms with van der Waals surface area (Å²) >= 11 is 0. The maximum absolute atomic E-state index is 12.6. The van der Waals surface area contributed by atoms with Crippen molar-refractivity contribution in [3.8, 4) is 17.2 Å². The number of nitrogens with one attached hydrogen (secondary N) is 1. The smallest absolute Gasteiger partial charge is 0.339 e. The van der Waals surface area contributed by atoms with Gasteiger partial charge in [-0.15, -0.1) is 0 Å². The van der Waals surface area contributed by atoms with E-state index in [4.69, 9.17) is 25.4 Å². The monoisotopic (exact) mass is 454 g/mol. The minimum Gasteiger partial charge on any atom is -0.488 e. The Bertz CT molecular complexity index is 1030. The van der Waals surface area contributed by atoms with Crippen LogP contribution in [0.1, 0.15) is 34.2 Å². The van der Waals surface area contributed by atoms with Gasteiger partial charge in [-0.25, -0.2) is 15.1 Å². The van der Waals surface area contributed by atoms with Crippen LogP contribution >= 0.6 is 0 Å². The molecule has 3 rings (SSSR count). The van der Waals surface area contributed by atoms with Crippen molar-refractivity contribution in [1.82, 2.24) is 15.2 Å². The number of amides is 2. The van der Waals surface area contributed by atoms with Crippen LogP contribution in [0.25, 0.3) is 0 Å². The quantitative estimate of drug-likeness (QED) is 0.370. The van der Waals surface area contributed by atoms with Gasteiger partial charge in [0.25, 0.3) is 11.7 Å². The van der Waals surface area contributed by atoms with Crippen LogP contribution < -0.4 is 25.9 Å². The average Bonchev–Trinajstić information content (AvgIpc) is 2.73. The van der Waals surface area contributed by atoms with Crippen LogP contribution in [0.5, 0.6) is 17.2 Å². The molecule has 174 valence electrons. The number of hydrogen-bond donors (Lipinski definition) is 3. The van der Waals surface area contributed by atoms with Crippen molar-refractivity contribution in [2.75, 3.05) is 26.8 Å². The van der Waals surface area contributed by atoms with Gasteiger partial charge >= 0.3 is 5.91 Å². The predicted octanol–water partition coefficient (Wildman–Crippen LogP) is 0.493. The Morgan fingerprint density at radius 1 is 1.24 bits per heavy atom. The van der Waals surface area contributed by atoms with Crippen LogP contribution in [0.15, 0.2) is 48.8 Å². The van der Waals surface area contributed by atoms with E-state index in [1.54, 1.807) is 42.3 Å². The first-order valence-electron chi connectivity index (χ1n) is 10.5. The summed E-state index contributed by atoms with van der Waals surface area (Å²) in [4.78, 5) is 30.9. The van der Waals surface area contributed by atoms with Crippen molar-refractivity contribution >= 4 is 17.6 Å². The fraction of sp³-hybridized carbons (Fsp3) is 0.304. The van der Waals surface area contributed by atoms with Crippen LogP contribution in [-0.2, 0) is 4.74 Å². The SMILES string of the molecule is COC[C@H](C)Oc1cc(Oc2ccc(C(=O)N3CCC3)nc2)cc(C(=O)NC(=[NH2+])/C=C\N)c1. The van der Waals surface area contributed by atoms with Gasteiger partial charge < -0.3 is 24.8 Å². The van der Waals surface area contributed by atoms with E-state index < -0.39 is 5.91 Å². The summed E-state index contributed by atoms with van der Waals surface area (Å²) < 4.78 is 16.8. The topological polar surface area (TPSA) is 142 Å². The zero-order valence-corrected chi connectivity index (χ0v) is 18.6. The molecular weight excluding hydrogens is 426 g/mol. The summed E-state index contributed by atoms with van der Waals surface area (Å²) in [5.74, 6) is 0.687. The number of pyridine rings is 1. The van der Waals surface area contributed by atoms with Crippen molar-refractivity contribution in [2.45, 2.75) is 19.4 Å². The molecule has 1 aromatic heterocycles. The Labute approximate surface area is 191 Å². The van der Waals surface area contributed by atoms with Crippen molar-refractivity contribution in [3.63, 3.8) is 0 Å². The normalized spacial score (nSPS) is 13.8. The Hall–Kier alpha value is -3.92. The van der Waals surface area contributed by atoms with Gasteiger partial charge in [-0.3, -0.25) is 10.2 Å². The molecule has 1 fully saturated rings. The van der Waals surface area contributed by atoms with E-state index >= 15 is 0 Å². The Morgan fingerprint density at radius 3 is 2.61 bits per heavy atom. The first-order valence-corrected chi connectivity index (χ1v) is 10.5. The molecule has 5 N–H and O–H groups in total. The van der Waals surface area contributed by atoms with Crippen molar-refractivity contribution in [3.05, 3.63) is 60.1 Å². The molecule has 1 saturated heterocycles. The van der Waals surface area contributed by atoms with Crippen molar-refractivity contribution in [2.24, 2.45) is 5.73 Å². The van der Waals surface area contributed by atoms with Gasteiger partial charge in [-0.2, -0.15) is 0 Å². The number of nitrogens with zero attached hydrogens (tertiary/aromatic N) is 2. The molecule has 2 aromatic rings. The summed E-state index contributed by atoms with van der Waals surface area (Å²) in [5.41, 5.74) is 5.92. The minimum atomic E-state index is -0.464. The molecule has 0 radical (unpaired) electrons. The lowest BCUT2D eigenvalue weighted by atomic mass is 10.1. The largest absolute Gasteiger partial charge is 0.488 e. The fourth-order valence-electron chi connectivity index (χ4n) is 3.06. The lowest BCUT2D eigenvalue weighted by molar-refractivity contribution is -0.115. The van der Waals surface area contributed by atoms with Gasteiger partial charge in [0, 0.05) is 38.5 Å². The van der Waals surface area contributed by atoms with E-state index in [0.29, 0.717) is 29.5 Å². The number of nitrogens with two attached hydrogens (primary N) is 2. The summed E-state index contributed by atoms with van der Waals surface area (Å²) in [6.45, 7) is 3.71. The lowest BCUT2D eigenvalue weighted by Gasteiger charge is -2.30. The van der Waals surface area contributed by atoms with Crippen LogP contribution in [0.2, 0.25) is 0 Å². The number of aromatic nitrogens is 1.